The number of imide groups is 1. The van der Waals surface area contributed by atoms with Crippen LogP contribution in [-0.4, -0.2) is 29.2 Å². The maximum absolute atomic E-state index is 12.9. The molecule has 1 heterocycles. The zero-order valence-corrected chi connectivity index (χ0v) is 16.4. The number of hydrogen-bond donors (Lipinski definition) is 2. The maximum atomic E-state index is 12.9. The smallest absolute Gasteiger partial charge is 0.278 e. The van der Waals surface area contributed by atoms with Gasteiger partial charge in [0.2, 0.25) is 5.91 Å². The van der Waals surface area contributed by atoms with Crippen LogP contribution in [0.15, 0.2) is 48.2 Å². The van der Waals surface area contributed by atoms with Gasteiger partial charge >= 0.3 is 0 Å². The zero-order chi connectivity index (χ0) is 20.4. The Kier molecular flexibility index (Phi) is 5.31. The lowest BCUT2D eigenvalue weighted by atomic mass is 10.0. The molecule has 2 aromatic carbocycles. The first-order valence-corrected chi connectivity index (χ1v) is 9.14. The summed E-state index contributed by atoms with van der Waals surface area (Å²) in [5, 5.41) is 5.84. The van der Waals surface area contributed by atoms with Crippen molar-refractivity contribution in [3.63, 3.8) is 0 Å². The van der Waals surface area contributed by atoms with E-state index in [9.17, 15) is 14.4 Å². The van der Waals surface area contributed by atoms with Crippen molar-refractivity contribution in [2.45, 2.75) is 27.7 Å². The van der Waals surface area contributed by atoms with E-state index in [1.165, 1.54) is 11.8 Å². The zero-order valence-electron chi connectivity index (χ0n) is 16.4. The topological polar surface area (TPSA) is 78.5 Å². The molecule has 144 valence electrons. The number of anilines is 2. The third kappa shape index (κ3) is 3.67. The number of hydrogen-bond acceptors (Lipinski definition) is 4. The SMILES string of the molecule is CCN1C(=O)C(Nc2ccc(C)c(C)c2)=C(c2ccc(NC(C)=O)cc2)C1=O. The molecule has 3 rings (SSSR count). The number of likely N-dealkylation sites (N-methyl/N-ethyl adjacent to an activating group) is 1. The van der Waals surface area contributed by atoms with E-state index in [1.807, 2.05) is 32.0 Å². The second kappa shape index (κ2) is 7.68. The standard InChI is InChI=1S/C22H23N3O3/c1-5-25-21(27)19(16-7-10-17(11-8-16)23-15(4)26)20(22(25)28)24-18-9-6-13(2)14(3)12-18/h6-12,24H,5H2,1-4H3,(H,23,26). The van der Waals surface area contributed by atoms with Crippen molar-refractivity contribution >= 4 is 34.7 Å². The minimum Gasteiger partial charge on any atom is -0.350 e. The van der Waals surface area contributed by atoms with Crippen LogP contribution in [-0.2, 0) is 14.4 Å². The molecule has 3 amide bonds. The Hall–Kier alpha value is -3.41. The van der Waals surface area contributed by atoms with Crippen molar-refractivity contribution in [1.29, 1.82) is 0 Å². The number of rotatable bonds is 5. The molecule has 0 bridgehead atoms. The van der Waals surface area contributed by atoms with Crippen molar-refractivity contribution in [3.8, 4) is 0 Å². The lowest BCUT2D eigenvalue weighted by Crippen LogP contribution is -2.32. The molecule has 28 heavy (non-hydrogen) atoms. The number of carbonyl (C=O) groups excluding carboxylic acids is 3. The van der Waals surface area contributed by atoms with Gasteiger partial charge < -0.3 is 10.6 Å². The molecule has 0 atom stereocenters. The van der Waals surface area contributed by atoms with Crippen LogP contribution in [0, 0.1) is 13.8 Å². The first-order valence-electron chi connectivity index (χ1n) is 9.14. The summed E-state index contributed by atoms with van der Waals surface area (Å²) in [5.74, 6) is -0.842. The van der Waals surface area contributed by atoms with Crippen LogP contribution < -0.4 is 10.6 Å². The van der Waals surface area contributed by atoms with Gasteiger partial charge in [-0.15, -0.1) is 0 Å². The van der Waals surface area contributed by atoms with Gasteiger partial charge in [0, 0.05) is 24.8 Å². The lowest BCUT2D eigenvalue weighted by molar-refractivity contribution is -0.136. The van der Waals surface area contributed by atoms with Crippen molar-refractivity contribution in [2.75, 3.05) is 17.2 Å². The molecule has 0 saturated carbocycles. The normalized spacial score (nSPS) is 13.9. The first kappa shape index (κ1) is 19.4. The molecule has 1 aliphatic heterocycles. The summed E-state index contributed by atoms with van der Waals surface area (Å²) in [7, 11) is 0. The molecule has 1 aliphatic rings. The van der Waals surface area contributed by atoms with E-state index in [2.05, 4.69) is 10.6 Å². The fourth-order valence-corrected chi connectivity index (χ4v) is 3.13. The van der Waals surface area contributed by atoms with Crippen LogP contribution in [0.2, 0.25) is 0 Å². The summed E-state index contributed by atoms with van der Waals surface area (Å²) in [6.07, 6.45) is 0. The minimum absolute atomic E-state index is 0.173. The first-order chi connectivity index (χ1) is 13.3. The molecule has 0 saturated heterocycles. The maximum Gasteiger partial charge on any atom is 0.278 e. The Labute approximate surface area is 164 Å². The Bertz CT molecular complexity index is 991. The van der Waals surface area contributed by atoms with Crippen molar-refractivity contribution in [2.24, 2.45) is 0 Å². The average Bonchev–Trinajstić information content (AvgIpc) is 2.88. The summed E-state index contributed by atoms with van der Waals surface area (Å²) >= 11 is 0. The van der Waals surface area contributed by atoms with Gasteiger partial charge in [0.15, 0.2) is 0 Å². The van der Waals surface area contributed by atoms with Crippen LogP contribution in [0.5, 0.6) is 0 Å². The van der Waals surface area contributed by atoms with Crippen molar-refractivity contribution in [1.82, 2.24) is 4.90 Å². The molecule has 2 aromatic rings. The third-order valence-electron chi connectivity index (χ3n) is 4.75. The predicted molar refractivity (Wildman–Crippen MR) is 110 cm³/mol. The minimum atomic E-state index is -0.341. The lowest BCUT2D eigenvalue weighted by Gasteiger charge is -2.12. The molecular formula is C22H23N3O3. The molecule has 0 aromatic heterocycles. The Morgan fingerprint density at radius 2 is 1.57 bits per heavy atom. The largest absolute Gasteiger partial charge is 0.350 e. The molecule has 2 N–H and O–H groups in total. The molecular weight excluding hydrogens is 354 g/mol. The average molecular weight is 377 g/mol. The van der Waals surface area contributed by atoms with Gasteiger partial charge in [-0.05, 0) is 61.7 Å². The number of amides is 3. The number of benzene rings is 2. The van der Waals surface area contributed by atoms with Gasteiger partial charge in [-0.25, -0.2) is 0 Å². The number of aryl methyl sites for hydroxylation is 2. The third-order valence-corrected chi connectivity index (χ3v) is 4.75. The highest BCUT2D eigenvalue weighted by Crippen LogP contribution is 2.31. The molecule has 0 fully saturated rings. The molecule has 0 spiro atoms. The van der Waals surface area contributed by atoms with E-state index in [0.29, 0.717) is 23.4 Å². The number of nitrogens with one attached hydrogen (secondary N) is 2. The van der Waals surface area contributed by atoms with E-state index in [0.717, 1.165) is 16.8 Å². The van der Waals surface area contributed by atoms with Gasteiger partial charge in [0.25, 0.3) is 11.8 Å². The fraction of sp³-hybridized carbons (Fsp3) is 0.227. The summed E-state index contributed by atoms with van der Waals surface area (Å²) in [4.78, 5) is 38.1. The molecule has 6 heteroatoms. The Morgan fingerprint density at radius 1 is 0.929 bits per heavy atom. The van der Waals surface area contributed by atoms with E-state index in [1.54, 1.807) is 31.2 Å². The summed E-state index contributed by atoms with van der Waals surface area (Å²) < 4.78 is 0. The molecule has 0 aliphatic carbocycles. The van der Waals surface area contributed by atoms with Crippen molar-refractivity contribution in [3.05, 3.63) is 64.9 Å². The van der Waals surface area contributed by atoms with Gasteiger partial charge in [-0.1, -0.05) is 18.2 Å². The highest BCUT2D eigenvalue weighted by molar-refractivity contribution is 6.36. The Balaban J connectivity index is 2.03. The van der Waals surface area contributed by atoms with E-state index < -0.39 is 0 Å². The summed E-state index contributed by atoms with van der Waals surface area (Å²) in [6.45, 7) is 7.51. The quantitative estimate of drug-likeness (QED) is 0.782. The monoisotopic (exact) mass is 377 g/mol. The highest BCUT2D eigenvalue weighted by Gasteiger charge is 2.38. The molecule has 0 unspecified atom stereocenters. The molecule has 6 nitrogen and oxygen atoms in total. The van der Waals surface area contributed by atoms with Crippen LogP contribution in [0.1, 0.15) is 30.5 Å². The fourth-order valence-electron chi connectivity index (χ4n) is 3.13. The van der Waals surface area contributed by atoms with Gasteiger partial charge in [-0.2, -0.15) is 0 Å². The van der Waals surface area contributed by atoms with Gasteiger partial charge in [-0.3, -0.25) is 19.3 Å². The van der Waals surface area contributed by atoms with Crippen LogP contribution in [0.25, 0.3) is 5.57 Å². The van der Waals surface area contributed by atoms with Crippen molar-refractivity contribution < 1.29 is 14.4 Å². The highest BCUT2D eigenvalue weighted by atomic mass is 16.2. The van der Waals surface area contributed by atoms with Crippen LogP contribution in [0.3, 0.4) is 0 Å². The number of nitrogens with zero attached hydrogens (tertiary/aromatic N) is 1. The molecule has 0 radical (unpaired) electrons. The second-order valence-electron chi connectivity index (χ2n) is 6.79. The summed E-state index contributed by atoms with van der Waals surface area (Å²) in [6, 6.07) is 12.7. The Morgan fingerprint density at radius 3 is 2.14 bits per heavy atom. The van der Waals surface area contributed by atoms with Gasteiger partial charge in [0.05, 0.1) is 5.57 Å². The van der Waals surface area contributed by atoms with Crippen LogP contribution >= 0.6 is 0 Å². The van der Waals surface area contributed by atoms with E-state index >= 15 is 0 Å². The van der Waals surface area contributed by atoms with E-state index in [4.69, 9.17) is 0 Å². The van der Waals surface area contributed by atoms with E-state index in [-0.39, 0.29) is 23.4 Å². The predicted octanol–water partition coefficient (Wildman–Crippen LogP) is 3.47. The van der Waals surface area contributed by atoms with Gasteiger partial charge in [0.1, 0.15) is 5.70 Å². The summed E-state index contributed by atoms with van der Waals surface area (Å²) in [5.41, 5.74) is 4.85. The van der Waals surface area contributed by atoms with Crippen LogP contribution in [0.4, 0.5) is 11.4 Å². The second-order valence-corrected chi connectivity index (χ2v) is 6.79. The number of carbonyl (C=O) groups is 3.